The molecule has 1 N–H and O–H groups in total. The lowest BCUT2D eigenvalue weighted by molar-refractivity contribution is 0.198. The van der Waals surface area contributed by atoms with Crippen molar-refractivity contribution >= 4 is 0 Å². The molecule has 2 heterocycles. The molecule has 1 aromatic rings. The maximum absolute atomic E-state index is 12.6. The maximum Gasteiger partial charge on any atom is 0.213 e. The summed E-state index contributed by atoms with van der Waals surface area (Å²) in [6.07, 6.45) is 3.54. The number of hydrogen-bond acceptors (Lipinski definition) is 3. The molecular formula is C12H17FN2O. The second kappa shape index (κ2) is 5.25. The highest BCUT2D eigenvalue weighted by Gasteiger charge is 2.17. The number of aromatic nitrogens is 1. The Balaban J connectivity index is 1.77. The molecule has 0 radical (unpaired) electrons. The Kier molecular flexibility index (Phi) is 3.72. The second-order valence-corrected chi connectivity index (χ2v) is 4.38. The molecule has 2 atom stereocenters. The minimum absolute atomic E-state index is 0.333. The summed E-state index contributed by atoms with van der Waals surface area (Å²) in [4.78, 5) is 3.86. The van der Waals surface area contributed by atoms with Gasteiger partial charge in [-0.25, -0.2) is 9.37 Å². The minimum atomic E-state index is -0.333. The first kappa shape index (κ1) is 11.3. The third-order valence-electron chi connectivity index (χ3n) is 2.93. The minimum Gasteiger partial charge on any atom is -0.477 e. The Bertz CT molecular complexity index is 320. The molecular weight excluding hydrogens is 207 g/mol. The fourth-order valence-corrected chi connectivity index (χ4v) is 1.85. The van der Waals surface area contributed by atoms with E-state index in [-0.39, 0.29) is 5.82 Å². The largest absolute Gasteiger partial charge is 0.477 e. The number of rotatable bonds is 3. The van der Waals surface area contributed by atoms with E-state index in [9.17, 15) is 4.39 Å². The first-order valence-corrected chi connectivity index (χ1v) is 5.72. The molecule has 0 spiro atoms. The Morgan fingerprint density at radius 2 is 2.38 bits per heavy atom. The molecule has 1 saturated heterocycles. The van der Waals surface area contributed by atoms with Gasteiger partial charge in [0.2, 0.25) is 5.88 Å². The molecule has 2 rings (SSSR count). The van der Waals surface area contributed by atoms with Crippen LogP contribution in [0.1, 0.15) is 19.8 Å². The summed E-state index contributed by atoms with van der Waals surface area (Å²) in [5.74, 6) is 0.698. The van der Waals surface area contributed by atoms with Gasteiger partial charge < -0.3 is 10.1 Å². The van der Waals surface area contributed by atoms with E-state index in [1.807, 2.05) is 0 Å². The zero-order valence-corrected chi connectivity index (χ0v) is 9.45. The van der Waals surface area contributed by atoms with Crippen LogP contribution in [-0.4, -0.2) is 24.2 Å². The number of nitrogens with one attached hydrogen (secondary N) is 1. The van der Waals surface area contributed by atoms with Crippen molar-refractivity contribution in [2.24, 2.45) is 5.92 Å². The molecule has 0 bridgehead atoms. The van der Waals surface area contributed by atoms with Crippen molar-refractivity contribution in [3.05, 3.63) is 24.1 Å². The van der Waals surface area contributed by atoms with Gasteiger partial charge in [-0.1, -0.05) is 0 Å². The van der Waals surface area contributed by atoms with Gasteiger partial charge in [-0.2, -0.15) is 0 Å². The number of nitrogens with zero attached hydrogens (tertiary/aromatic N) is 1. The van der Waals surface area contributed by atoms with Crippen LogP contribution in [0.25, 0.3) is 0 Å². The maximum atomic E-state index is 12.6. The van der Waals surface area contributed by atoms with Crippen molar-refractivity contribution in [2.45, 2.75) is 25.8 Å². The van der Waals surface area contributed by atoms with Crippen LogP contribution < -0.4 is 10.1 Å². The molecule has 1 aliphatic rings. The summed E-state index contributed by atoms with van der Waals surface area (Å²) in [5, 5.41) is 3.42. The first-order valence-electron chi connectivity index (χ1n) is 5.72. The Morgan fingerprint density at radius 3 is 3.00 bits per heavy atom. The molecule has 4 heteroatoms. The van der Waals surface area contributed by atoms with Crippen LogP contribution in [0, 0.1) is 11.7 Å². The predicted octanol–water partition coefficient (Wildman–Crippen LogP) is 1.99. The van der Waals surface area contributed by atoms with Gasteiger partial charge >= 0.3 is 0 Å². The van der Waals surface area contributed by atoms with E-state index in [1.165, 1.54) is 25.1 Å². The Labute approximate surface area is 95.0 Å². The van der Waals surface area contributed by atoms with Crippen LogP contribution in [0.15, 0.2) is 18.3 Å². The van der Waals surface area contributed by atoms with Crippen LogP contribution in [-0.2, 0) is 0 Å². The van der Waals surface area contributed by atoms with Crippen molar-refractivity contribution in [3.63, 3.8) is 0 Å². The third kappa shape index (κ3) is 3.17. The van der Waals surface area contributed by atoms with E-state index in [4.69, 9.17) is 4.74 Å². The van der Waals surface area contributed by atoms with E-state index < -0.39 is 0 Å². The van der Waals surface area contributed by atoms with Gasteiger partial charge in [-0.15, -0.1) is 0 Å². The topological polar surface area (TPSA) is 34.1 Å². The van der Waals surface area contributed by atoms with Gasteiger partial charge in [0.1, 0.15) is 5.82 Å². The van der Waals surface area contributed by atoms with Crippen LogP contribution in [0.2, 0.25) is 0 Å². The highest BCUT2D eigenvalue weighted by atomic mass is 19.1. The molecule has 1 aliphatic heterocycles. The molecule has 0 saturated carbocycles. The van der Waals surface area contributed by atoms with E-state index in [2.05, 4.69) is 17.2 Å². The third-order valence-corrected chi connectivity index (χ3v) is 2.93. The Morgan fingerprint density at radius 1 is 1.50 bits per heavy atom. The van der Waals surface area contributed by atoms with Gasteiger partial charge in [-0.05, 0) is 25.8 Å². The highest BCUT2D eigenvalue weighted by Crippen LogP contribution is 2.15. The number of ether oxygens (including phenoxy) is 1. The standard InChI is InChI=1S/C12H17FN2O/c1-9-2-3-10(6-14-9)8-16-12-5-4-11(13)7-15-12/h4-5,7,9-10,14H,2-3,6,8H2,1H3/t9-,10+/m0/s1. The van der Waals surface area contributed by atoms with Gasteiger partial charge in [0, 0.05) is 24.6 Å². The summed E-state index contributed by atoms with van der Waals surface area (Å²) in [5.41, 5.74) is 0. The molecule has 88 valence electrons. The monoisotopic (exact) mass is 224 g/mol. The molecule has 0 aromatic carbocycles. The molecule has 1 aromatic heterocycles. The normalized spacial score (nSPS) is 25.4. The van der Waals surface area contributed by atoms with Crippen LogP contribution >= 0.6 is 0 Å². The average Bonchev–Trinajstić information content (AvgIpc) is 2.30. The van der Waals surface area contributed by atoms with Crippen molar-refractivity contribution in [2.75, 3.05) is 13.2 Å². The lowest BCUT2D eigenvalue weighted by Crippen LogP contribution is -2.39. The summed E-state index contributed by atoms with van der Waals surface area (Å²) in [6, 6.07) is 3.54. The van der Waals surface area contributed by atoms with Gasteiger partial charge in [0.05, 0.1) is 12.8 Å². The SMILES string of the molecule is C[C@H]1CC[C@@H](COc2ccc(F)cn2)CN1. The molecule has 0 unspecified atom stereocenters. The van der Waals surface area contributed by atoms with E-state index in [0.717, 1.165) is 6.54 Å². The molecule has 1 fully saturated rings. The van der Waals surface area contributed by atoms with Crippen LogP contribution in [0.3, 0.4) is 0 Å². The van der Waals surface area contributed by atoms with Crippen LogP contribution in [0.5, 0.6) is 5.88 Å². The number of pyridine rings is 1. The number of piperidine rings is 1. The molecule has 16 heavy (non-hydrogen) atoms. The molecule has 0 amide bonds. The average molecular weight is 224 g/mol. The summed E-state index contributed by atoms with van der Waals surface area (Å²) in [6.45, 7) is 3.83. The summed E-state index contributed by atoms with van der Waals surface area (Å²) < 4.78 is 18.1. The lowest BCUT2D eigenvalue weighted by atomic mass is 9.96. The quantitative estimate of drug-likeness (QED) is 0.852. The van der Waals surface area contributed by atoms with Crippen molar-refractivity contribution in [1.82, 2.24) is 10.3 Å². The lowest BCUT2D eigenvalue weighted by Gasteiger charge is -2.27. The zero-order valence-electron chi connectivity index (χ0n) is 9.45. The predicted molar refractivity (Wildman–Crippen MR) is 59.9 cm³/mol. The number of hydrogen-bond donors (Lipinski definition) is 1. The summed E-state index contributed by atoms with van der Waals surface area (Å²) in [7, 11) is 0. The van der Waals surface area contributed by atoms with E-state index >= 15 is 0 Å². The fourth-order valence-electron chi connectivity index (χ4n) is 1.85. The first-order chi connectivity index (χ1) is 7.74. The highest BCUT2D eigenvalue weighted by molar-refractivity contribution is 5.10. The van der Waals surface area contributed by atoms with Crippen molar-refractivity contribution < 1.29 is 9.13 Å². The van der Waals surface area contributed by atoms with Crippen LogP contribution in [0.4, 0.5) is 4.39 Å². The number of halogens is 1. The summed E-state index contributed by atoms with van der Waals surface area (Å²) >= 11 is 0. The van der Waals surface area contributed by atoms with E-state index in [0.29, 0.717) is 24.4 Å². The second-order valence-electron chi connectivity index (χ2n) is 4.38. The van der Waals surface area contributed by atoms with E-state index in [1.54, 1.807) is 6.07 Å². The van der Waals surface area contributed by atoms with Gasteiger partial charge in [0.15, 0.2) is 0 Å². The molecule has 3 nitrogen and oxygen atoms in total. The van der Waals surface area contributed by atoms with Crippen molar-refractivity contribution in [1.29, 1.82) is 0 Å². The molecule has 0 aliphatic carbocycles. The Hall–Kier alpha value is -1.16. The fraction of sp³-hybridized carbons (Fsp3) is 0.583. The zero-order chi connectivity index (χ0) is 11.4. The van der Waals surface area contributed by atoms with Gasteiger partial charge in [0.25, 0.3) is 0 Å². The smallest absolute Gasteiger partial charge is 0.213 e. The van der Waals surface area contributed by atoms with Gasteiger partial charge in [-0.3, -0.25) is 0 Å². The van der Waals surface area contributed by atoms with Crippen molar-refractivity contribution in [3.8, 4) is 5.88 Å².